The standard InChI is InChI=1S/C30H52O7/c1-5-9-13-14-15-19-23-35-27-25(31)24(30(32)33)26(34-20-16-10-6-2)28(36-21-17-11-7-3)29(27)37-22-18-12-8-4/h31H,5-23H2,1-4H3,(H,32,33). The third-order valence-corrected chi connectivity index (χ3v) is 6.24. The Kier molecular flexibility index (Phi) is 18.3. The van der Waals surface area contributed by atoms with Crippen LogP contribution in [0.4, 0.5) is 0 Å². The molecule has 0 bridgehead atoms. The van der Waals surface area contributed by atoms with Gasteiger partial charge in [-0.25, -0.2) is 4.79 Å². The second-order valence-corrected chi connectivity index (χ2v) is 9.63. The van der Waals surface area contributed by atoms with E-state index in [2.05, 4.69) is 27.7 Å². The van der Waals surface area contributed by atoms with Gasteiger partial charge in [-0.3, -0.25) is 0 Å². The van der Waals surface area contributed by atoms with Gasteiger partial charge in [0.25, 0.3) is 0 Å². The Morgan fingerprint density at radius 2 is 0.838 bits per heavy atom. The molecule has 7 heteroatoms. The molecule has 0 atom stereocenters. The zero-order valence-electron chi connectivity index (χ0n) is 23.9. The van der Waals surface area contributed by atoms with Crippen molar-refractivity contribution in [1.29, 1.82) is 0 Å². The third kappa shape index (κ3) is 12.2. The van der Waals surface area contributed by atoms with Crippen molar-refractivity contribution in [3.05, 3.63) is 5.56 Å². The molecule has 1 aromatic rings. The predicted molar refractivity (Wildman–Crippen MR) is 149 cm³/mol. The van der Waals surface area contributed by atoms with E-state index < -0.39 is 11.7 Å². The maximum atomic E-state index is 12.3. The van der Waals surface area contributed by atoms with Crippen LogP contribution in [0.1, 0.15) is 134 Å². The molecule has 0 aliphatic rings. The van der Waals surface area contributed by atoms with Crippen LogP contribution in [-0.4, -0.2) is 42.6 Å². The first-order valence-corrected chi connectivity index (χ1v) is 14.7. The van der Waals surface area contributed by atoms with E-state index in [4.69, 9.17) is 18.9 Å². The van der Waals surface area contributed by atoms with E-state index in [1.54, 1.807) is 0 Å². The molecule has 0 amide bonds. The molecule has 37 heavy (non-hydrogen) atoms. The van der Waals surface area contributed by atoms with Gasteiger partial charge in [0, 0.05) is 0 Å². The number of hydrogen-bond acceptors (Lipinski definition) is 6. The molecule has 0 unspecified atom stereocenters. The highest BCUT2D eigenvalue weighted by Crippen LogP contribution is 2.53. The summed E-state index contributed by atoms with van der Waals surface area (Å²) >= 11 is 0. The molecule has 0 aliphatic carbocycles. The Bertz CT molecular complexity index is 748. The second kappa shape index (κ2) is 20.7. The summed E-state index contributed by atoms with van der Waals surface area (Å²) in [4.78, 5) is 12.3. The van der Waals surface area contributed by atoms with Crippen molar-refractivity contribution >= 4 is 5.97 Å². The van der Waals surface area contributed by atoms with Crippen LogP contribution in [0.15, 0.2) is 0 Å². The normalized spacial score (nSPS) is 10.9. The molecule has 0 radical (unpaired) electrons. The van der Waals surface area contributed by atoms with Crippen molar-refractivity contribution in [3.63, 3.8) is 0 Å². The van der Waals surface area contributed by atoms with Gasteiger partial charge in [0.1, 0.15) is 0 Å². The molecule has 1 rings (SSSR count). The van der Waals surface area contributed by atoms with Gasteiger partial charge in [-0.1, -0.05) is 98.3 Å². The molecule has 7 nitrogen and oxygen atoms in total. The van der Waals surface area contributed by atoms with Gasteiger partial charge in [-0.2, -0.15) is 0 Å². The molecule has 0 heterocycles. The van der Waals surface area contributed by atoms with Crippen LogP contribution in [0.5, 0.6) is 28.7 Å². The van der Waals surface area contributed by atoms with E-state index in [1.807, 2.05) is 0 Å². The van der Waals surface area contributed by atoms with Crippen molar-refractivity contribution < 1.29 is 34.0 Å². The molecular weight excluding hydrogens is 472 g/mol. The topological polar surface area (TPSA) is 94.5 Å². The average molecular weight is 525 g/mol. The second-order valence-electron chi connectivity index (χ2n) is 9.63. The molecule has 1 aromatic carbocycles. The summed E-state index contributed by atoms with van der Waals surface area (Å²) in [6, 6.07) is 0. The Labute approximate surface area is 224 Å². The summed E-state index contributed by atoms with van der Waals surface area (Å²) in [7, 11) is 0. The summed E-state index contributed by atoms with van der Waals surface area (Å²) in [6.45, 7) is 10.00. The van der Waals surface area contributed by atoms with E-state index in [1.165, 1.54) is 19.3 Å². The molecule has 0 spiro atoms. The van der Waals surface area contributed by atoms with E-state index in [0.29, 0.717) is 26.4 Å². The van der Waals surface area contributed by atoms with Crippen LogP contribution < -0.4 is 18.9 Å². The van der Waals surface area contributed by atoms with Crippen LogP contribution >= 0.6 is 0 Å². The largest absolute Gasteiger partial charge is 0.503 e. The number of aromatic carboxylic acids is 1. The lowest BCUT2D eigenvalue weighted by atomic mass is 10.1. The molecular formula is C30H52O7. The highest BCUT2D eigenvalue weighted by atomic mass is 16.6. The Morgan fingerprint density at radius 3 is 1.30 bits per heavy atom. The molecule has 0 fully saturated rings. The lowest BCUT2D eigenvalue weighted by Gasteiger charge is -2.23. The number of phenols is 1. The monoisotopic (exact) mass is 524 g/mol. The van der Waals surface area contributed by atoms with Gasteiger partial charge in [-0.15, -0.1) is 0 Å². The Hall–Kier alpha value is -2.31. The zero-order valence-corrected chi connectivity index (χ0v) is 23.9. The molecule has 2 N–H and O–H groups in total. The van der Waals surface area contributed by atoms with Gasteiger partial charge < -0.3 is 29.2 Å². The minimum absolute atomic E-state index is 0.0232. The number of carboxylic acids is 1. The fourth-order valence-corrected chi connectivity index (χ4v) is 4.02. The predicted octanol–water partition coefficient (Wildman–Crippen LogP) is 8.54. The van der Waals surface area contributed by atoms with E-state index >= 15 is 0 Å². The number of benzene rings is 1. The summed E-state index contributed by atoms with van der Waals surface area (Å²) in [6.07, 6.45) is 15.0. The maximum absolute atomic E-state index is 12.3. The van der Waals surface area contributed by atoms with Crippen molar-refractivity contribution in [3.8, 4) is 28.7 Å². The Morgan fingerprint density at radius 1 is 0.514 bits per heavy atom. The smallest absolute Gasteiger partial charge is 0.343 e. The number of hydrogen-bond donors (Lipinski definition) is 2. The lowest BCUT2D eigenvalue weighted by molar-refractivity contribution is 0.0685. The van der Waals surface area contributed by atoms with Crippen molar-refractivity contribution in [2.24, 2.45) is 0 Å². The summed E-state index contributed by atoms with van der Waals surface area (Å²) in [5.74, 6) is -1.23. The SMILES string of the molecule is CCCCCCCCOc1c(O)c(C(=O)O)c(OCCCCC)c(OCCCCC)c1OCCCCC. The van der Waals surface area contributed by atoms with Crippen LogP contribution in [0.3, 0.4) is 0 Å². The third-order valence-electron chi connectivity index (χ3n) is 6.24. The fraction of sp³-hybridized carbons (Fsp3) is 0.767. The van der Waals surface area contributed by atoms with Gasteiger partial charge in [-0.05, 0) is 25.7 Å². The minimum atomic E-state index is -1.29. The van der Waals surface area contributed by atoms with Gasteiger partial charge >= 0.3 is 5.97 Å². The van der Waals surface area contributed by atoms with Gasteiger partial charge in [0.15, 0.2) is 17.1 Å². The number of carboxylic acid groups (broad SMARTS) is 1. The van der Waals surface area contributed by atoms with E-state index in [9.17, 15) is 15.0 Å². The Balaban J connectivity index is 3.36. The highest BCUT2D eigenvalue weighted by Gasteiger charge is 2.32. The molecule has 214 valence electrons. The van der Waals surface area contributed by atoms with Crippen LogP contribution in [-0.2, 0) is 0 Å². The highest BCUT2D eigenvalue weighted by molar-refractivity contribution is 5.97. The van der Waals surface area contributed by atoms with E-state index in [0.717, 1.165) is 77.0 Å². The summed E-state index contributed by atoms with van der Waals surface area (Å²) in [5.41, 5.74) is -0.333. The minimum Gasteiger partial charge on any atom is -0.503 e. The zero-order chi connectivity index (χ0) is 27.3. The van der Waals surface area contributed by atoms with Crippen LogP contribution in [0.2, 0.25) is 0 Å². The van der Waals surface area contributed by atoms with Crippen molar-refractivity contribution in [1.82, 2.24) is 0 Å². The molecule has 0 saturated carbocycles. The summed E-state index contributed by atoms with van der Waals surface area (Å²) in [5, 5.41) is 21.2. The summed E-state index contributed by atoms with van der Waals surface area (Å²) < 4.78 is 24.3. The average Bonchev–Trinajstić information content (AvgIpc) is 2.88. The van der Waals surface area contributed by atoms with Crippen molar-refractivity contribution in [2.45, 2.75) is 124 Å². The van der Waals surface area contributed by atoms with Gasteiger partial charge in [0.2, 0.25) is 17.2 Å². The molecule has 0 aromatic heterocycles. The maximum Gasteiger partial charge on any atom is 0.343 e. The number of carbonyl (C=O) groups is 1. The first-order valence-electron chi connectivity index (χ1n) is 14.7. The van der Waals surface area contributed by atoms with Gasteiger partial charge in [0.05, 0.1) is 26.4 Å². The number of aromatic hydroxyl groups is 1. The number of rotatable bonds is 24. The number of unbranched alkanes of at least 4 members (excludes halogenated alkanes) is 11. The molecule has 0 saturated heterocycles. The first-order chi connectivity index (χ1) is 18.0. The van der Waals surface area contributed by atoms with Crippen LogP contribution in [0, 0.1) is 0 Å². The first kappa shape index (κ1) is 32.7. The quantitative estimate of drug-likeness (QED) is 0.131. The number of ether oxygens (including phenoxy) is 4. The lowest BCUT2D eigenvalue weighted by Crippen LogP contribution is -2.12. The van der Waals surface area contributed by atoms with E-state index in [-0.39, 0.29) is 28.6 Å². The molecule has 0 aliphatic heterocycles. The van der Waals surface area contributed by atoms with Crippen molar-refractivity contribution in [2.75, 3.05) is 26.4 Å². The van der Waals surface area contributed by atoms with Crippen LogP contribution in [0.25, 0.3) is 0 Å². The fourth-order valence-electron chi connectivity index (χ4n) is 4.02.